The average Bonchev–Trinajstić information content (AvgIpc) is 2.62. The number of carbonyl (C=O) groups is 3. The molecular weight excluding hydrogens is 360 g/mol. The molecule has 11 heteroatoms. The van der Waals surface area contributed by atoms with E-state index in [-0.39, 0.29) is 37.7 Å². The Bertz CT molecular complexity index is 509. The first-order valence-corrected chi connectivity index (χ1v) is 8.67. The van der Waals surface area contributed by atoms with Crippen LogP contribution in [0.4, 0.5) is 0 Å². The van der Waals surface area contributed by atoms with Crippen LogP contribution in [0, 0.1) is 5.92 Å². The third-order valence-corrected chi connectivity index (χ3v) is 3.41. The van der Waals surface area contributed by atoms with E-state index in [0.717, 1.165) is 0 Å². The molecule has 0 saturated heterocycles. The fourth-order valence-corrected chi connectivity index (χ4v) is 1.82. The van der Waals surface area contributed by atoms with Crippen molar-refractivity contribution in [1.29, 1.82) is 0 Å². The van der Waals surface area contributed by atoms with Gasteiger partial charge in [-0.2, -0.15) is 0 Å². The van der Waals surface area contributed by atoms with Gasteiger partial charge >= 0.3 is 5.97 Å². The molecular formula is C16H28N4O7. The predicted molar refractivity (Wildman–Crippen MR) is 95.1 cm³/mol. The molecule has 11 nitrogen and oxygen atoms in total. The van der Waals surface area contributed by atoms with Crippen molar-refractivity contribution in [2.75, 3.05) is 46.2 Å². The number of ether oxygens (including phenoxy) is 3. The highest BCUT2D eigenvalue weighted by Crippen LogP contribution is 2.05. The van der Waals surface area contributed by atoms with Crippen LogP contribution < -0.4 is 5.32 Å². The summed E-state index contributed by atoms with van der Waals surface area (Å²) in [5.74, 6) is -2.49. The number of amides is 1. The second-order valence-electron chi connectivity index (χ2n) is 5.74. The topological polar surface area (TPSA) is 160 Å². The highest BCUT2D eigenvalue weighted by Gasteiger charge is 2.21. The third-order valence-electron chi connectivity index (χ3n) is 3.41. The second-order valence-corrected chi connectivity index (χ2v) is 5.74. The molecule has 0 fully saturated rings. The summed E-state index contributed by atoms with van der Waals surface area (Å²) in [5.41, 5.74) is 8.07. The number of carbonyl (C=O) groups excluding carboxylic acids is 2. The minimum atomic E-state index is -1.04. The molecule has 2 atom stereocenters. The summed E-state index contributed by atoms with van der Waals surface area (Å²) in [6.07, 6.45) is -0.0332. The van der Waals surface area contributed by atoms with E-state index in [4.69, 9.17) is 24.8 Å². The van der Waals surface area contributed by atoms with E-state index in [9.17, 15) is 14.4 Å². The van der Waals surface area contributed by atoms with Crippen LogP contribution in [-0.4, -0.2) is 75.0 Å². The van der Waals surface area contributed by atoms with Gasteiger partial charge in [-0.25, -0.2) is 0 Å². The van der Waals surface area contributed by atoms with Crippen LogP contribution in [0.3, 0.4) is 0 Å². The van der Waals surface area contributed by atoms with Crippen LogP contribution >= 0.6 is 0 Å². The Morgan fingerprint density at radius 3 is 2.15 bits per heavy atom. The maximum Gasteiger partial charge on any atom is 0.306 e. The Morgan fingerprint density at radius 1 is 1.04 bits per heavy atom. The van der Waals surface area contributed by atoms with E-state index in [1.165, 1.54) is 13.8 Å². The molecule has 0 aromatic heterocycles. The van der Waals surface area contributed by atoms with Gasteiger partial charge in [-0.05, 0) is 12.5 Å². The van der Waals surface area contributed by atoms with Crippen molar-refractivity contribution < 1.29 is 33.7 Å². The van der Waals surface area contributed by atoms with Gasteiger partial charge in [0.05, 0.1) is 51.6 Å². The number of ketones is 1. The number of nitrogens with one attached hydrogen (secondary N) is 1. The van der Waals surface area contributed by atoms with E-state index in [1.807, 2.05) is 0 Å². The number of hydrogen-bond acceptors (Lipinski definition) is 7. The number of nitrogens with zero attached hydrogens (tertiary/aromatic N) is 3. The van der Waals surface area contributed by atoms with Crippen LogP contribution in [-0.2, 0) is 28.6 Å². The molecule has 0 bridgehead atoms. The highest BCUT2D eigenvalue weighted by molar-refractivity contribution is 5.90. The van der Waals surface area contributed by atoms with Crippen molar-refractivity contribution >= 4 is 17.7 Å². The Hall–Kier alpha value is -2.20. The molecule has 0 heterocycles. The molecule has 2 N–H and O–H groups in total. The maximum atomic E-state index is 11.8. The lowest BCUT2D eigenvalue weighted by Gasteiger charge is -2.14. The zero-order valence-electron chi connectivity index (χ0n) is 15.8. The third kappa shape index (κ3) is 14.6. The molecule has 0 aliphatic carbocycles. The van der Waals surface area contributed by atoms with E-state index in [1.54, 1.807) is 0 Å². The molecule has 1 amide bonds. The van der Waals surface area contributed by atoms with E-state index >= 15 is 0 Å². The molecule has 0 radical (unpaired) electrons. The number of carboxylic acid groups (broad SMARTS) is 1. The largest absolute Gasteiger partial charge is 0.481 e. The van der Waals surface area contributed by atoms with Crippen molar-refractivity contribution in [3.8, 4) is 0 Å². The van der Waals surface area contributed by atoms with Gasteiger partial charge in [0.15, 0.2) is 5.78 Å². The SMILES string of the molecule is CC(CC(=O)C(C)NC(=O)CCOCCOCCOCCN=[N+]=[N-])C(=O)O. The molecule has 0 aliphatic rings. The standard InChI is InChI=1S/C16H28N4O7/c1-12(16(23)24)11-14(21)13(2)19-15(22)3-5-25-7-9-27-10-8-26-6-4-18-20-17/h12-13H,3-11H2,1-2H3,(H,19,22)(H,23,24). The zero-order chi connectivity index (χ0) is 20.5. The molecule has 0 rings (SSSR count). The lowest BCUT2D eigenvalue weighted by Crippen LogP contribution is -2.39. The monoisotopic (exact) mass is 388 g/mol. The predicted octanol–water partition coefficient (Wildman–Crippen LogP) is 0.921. The quantitative estimate of drug-likeness (QED) is 0.162. The molecule has 27 heavy (non-hydrogen) atoms. The second kappa shape index (κ2) is 16.0. The van der Waals surface area contributed by atoms with Gasteiger partial charge in [0.2, 0.25) is 5.91 Å². The van der Waals surface area contributed by atoms with Crippen LogP contribution in [0.25, 0.3) is 10.4 Å². The lowest BCUT2D eigenvalue weighted by molar-refractivity contribution is -0.143. The summed E-state index contributed by atoms with van der Waals surface area (Å²) in [5, 5.41) is 14.6. The molecule has 154 valence electrons. The average molecular weight is 388 g/mol. The summed E-state index contributed by atoms with van der Waals surface area (Å²) >= 11 is 0. The summed E-state index contributed by atoms with van der Waals surface area (Å²) in [7, 11) is 0. The van der Waals surface area contributed by atoms with Crippen molar-refractivity contribution in [1.82, 2.24) is 5.32 Å². The first-order valence-electron chi connectivity index (χ1n) is 8.67. The van der Waals surface area contributed by atoms with Crippen LogP contribution in [0.1, 0.15) is 26.7 Å². The van der Waals surface area contributed by atoms with Gasteiger partial charge < -0.3 is 24.6 Å². The van der Waals surface area contributed by atoms with Crippen LogP contribution in [0.2, 0.25) is 0 Å². The highest BCUT2D eigenvalue weighted by atomic mass is 16.5. The maximum absolute atomic E-state index is 11.8. The van der Waals surface area contributed by atoms with Gasteiger partial charge in [0, 0.05) is 24.3 Å². The van der Waals surface area contributed by atoms with Gasteiger partial charge in [-0.15, -0.1) is 0 Å². The minimum Gasteiger partial charge on any atom is -0.481 e. The normalized spacial score (nSPS) is 12.7. The first-order chi connectivity index (χ1) is 12.9. The molecule has 2 unspecified atom stereocenters. The molecule has 0 spiro atoms. The van der Waals surface area contributed by atoms with Gasteiger partial charge in [0.25, 0.3) is 0 Å². The Kier molecular flexibility index (Phi) is 14.7. The molecule has 0 aromatic carbocycles. The Labute approximate surface area is 158 Å². The molecule has 0 saturated carbocycles. The minimum absolute atomic E-state index is 0.0919. The number of azide groups is 1. The summed E-state index contributed by atoms with van der Waals surface area (Å²) < 4.78 is 15.7. The number of rotatable bonds is 17. The van der Waals surface area contributed by atoms with Gasteiger partial charge in [0.1, 0.15) is 0 Å². The zero-order valence-corrected chi connectivity index (χ0v) is 15.8. The smallest absolute Gasteiger partial charge is 0.306 e. The van der Waals surface area contributed by atoms with E-state index in [0.29, 0.717) is 33.0 Å². The van der Waals surface area contributed by atoms with Crippen molar-refractivity contribution in [2.45, 2.75) is 32.7 Å². The molecule has 0 aromatic rings. The lowest BCUT2D eigenvalue weighted by atomic mass is 10.0. The van der Waals surface area contributed by atoms with Crippen molar-refractivity contribution in [2.24, 2.45) is 11.0 Å². The number of carboxylic acids is 1. The summed E-state index contributed by atoms with van der Waals surface area (Å²) in [4.78, 5) is 36.9. The first kappa shape index (κ1) is 24.8. The van der Waals surface area contributed by atoms with Crippen LogP contribution in [0.5, 0.6) is 0 Å². The van der Waals surface area contributed by atoms with Crippen LogP contribution in [0.15, 0.2) is 5.11 Å². The van der Waals surface area contributed by atoms with E-state index < -0.39 is 17.9 Å². The number of aliphatic carboxylic acids is 1. The fourth-order valence-electron chi connectivity index (χ4n) is 1.82. The number of Topliss-reactive ketones (excluding diaryl/α,β-unsaturated/α-hetero) is 1. The van der Waals surface area contributed by atoms with Crippen molar-refractivity contribution in [3.63, 3.8) is 0 Å². The fraction of sp³-hybridized carbons (Fsp3) is 0.812. The number of hydrogen-bond donors (Lipinski definition) is 2. The summed E-state index contributed by atoms with van der Waals surface area (Å²) in [6, 6.07) is -0.735. The van der Waals surface area contributed by atoms with Crippen molar-refractivity contribution in [3.05, 3.63) is 10.4 Å². The van der Waals surface area contributed by atoms with Gasteiger partial charge in [-0.1, -0.05) is 12.0 Å². The Morgan fingerprint density at radius 2 is 1.59 bits per heavy atom. The molecule has 0 aliphatic heterocycles. The summed E-state index contributed by atoms with van der Waals surface area (Å²) in [6.45, 7) is 5.21. The Balaban J connectivity index is 3.59. The van der Waals surface area contributed by atoms with Gasteiger partial charge in [-0.3, -0.25) is 14.4 Å². The van der Waals surface area contributed by atoms with E-state index in [2.05, 4.69) is 15.3 Å².